The van der Waals surface area contributed by atoms with E-state index in [-0.39, 0.29) is 22.9 Å². The maximum Gasteiger partial charge on any atom is 0.124 e. The van der Waals surface area contributed by atoms with E-state index in [0.29, 0.717) is 11.1 Å². The van der Waals surface area contributed by atoms with E-state index in [4.69, 9.17) is 0 Å². The number of benzene rings is 2. The molecule has 0 aliphatic carbocycles. The summed E-state index contributed by atoms with van der Waals surface area (Å²) < 4.78 is 27.3. The van der Waals surface area contributed by atoms with Crippen molar-refractivity contribution in [3.8, 4) is 5.75 Å². The Hall–Kier alpha value is -1.90. The van der Waals surface area contributed by atoms with Crippen LogP contribution in [-0.4, -0.2) is 5.11 Å². The quantitative estimate of drug-likeness (QED) is 0.810. The second kappa shape index (κ2) is 5.47. The highest BCUT2D eigenvalue weighted by molar-refractivity contribution is 5.47. The van der Waals surface area contributed by atoms with Crippen molar-refractivity contribution in [1.82, 2.24) is 0 Å². The lowest BCUT2D eigenvalue weighted by Crippen LogP contribution is -2.20. The molecule has 21 heavy (non-hydrogen) atoms. The first-order chi connectivity index (χ1) is 9.70. The number of hydrogen-bond donors (Lipinski definition) is 1. The van der Waals surface area contributed by atoms with E-state index in [9.17, 15) is 13.9 Å². The Labute approximate surface area is 124 Å². The lowest BCUT2D eigenvalue weighted by atomic mass is 9.72. The summed E-state index contributed by atoms with van der Waals surface area (Å²) in [4.78, 5) is 0. The summed E-state index contributed by atoms with van der Waals surface area (Å²) in [7, 11) is 0. The van der Waals surface area contributed by atoms with E-state index in [1.54, 1.807) is 19.1 Å². The molecule has 0 spiro atoms. The first kappa shape index (κ1) is 15.5. The van der Waals surface area contributed by atoms with Gasteiger partial charge in [0.1, 0.15) is 17.4 Å². The maximum absolute atomic E-state index is 13.8. The Kier molecular flexibility index (Phi) is 4.04. The standard InChI is InChI=1S/C18H20F2O/c1-11-8-14(20)10-15(17(11)21)16(18(2,3)4)12-6-5-7-13(19)9-12/h5-10,16,21H,1-4H3/t16-/m0/s1. The fourth-order valence-corrected chi connectivity index (χ4v) is 2.81. The number of hydrogen-bond acceptors (Lipinski definition) is 1. The highest BCUT2D eigenvalue weighted by Gasteiger charge is 2.31. The largest absolute Gasteiger partial charge is 0.507 e. The first-order valence-corrected chi connectivity index (χ1v) is 6.94. The molecule has 0 unspecified atom stereocenters. The average Bonchev–Trinajstić information content (AvgIpc) is 2.33. The minimum atomic E-state index is -0.397. The van der Waals surface area contributed by atoms with Crippen LogP contribution in [0.3, 0.4) is 0 Å². The molecule has 0 radical (unpaired) electrons. The molecule has 0 fully saturated rings. The van der Waals surface area contributed by atoms with Gasteiger partial charge < -0.3 is 5.11 Å². The predicted octanol–water partition coefficient (Wildman–Crippen LogP) is 5.16. The Morgan fingerprint density at radius 1 is 1.00 bits per heavy atom. The van der Waals surface area contributed by atoms with Crippen LogP contribution < -0.4 is 0 Å². The van der Waals surface area contributed by atoms with Crippen LogP contribution in [-0.2, 0) is 0 Å². The number of halogens is 2. The fraction of sp³-hybridized carbons (Fsp3) is 0.333. The predicted molar refractivity (Wildman–Crippen MR) is 80.5 cm³/mol. The SMILES string of the molecule is Cc1cc(F)cc([C@H](c2cccc(F)c2)C(C)(C)C)c1O. The van der Waals surface area contributed by atoms with Crippen LogP contribution in [0.1, 0.15) is 43.4 Å². The Morgan fingerprint density at radius 3 is 2.24 bits per heavy atom. The smallest absolute Gasteiger partial charge is 0.124 e. The molecule has 112 valence electrons. The zero-order valence-corrected chi connectivity index (χ0v) is 12.7. The molecular weight excluding hydrogens is 270 g/mol. The molecule has 0 saturated heterocycles. The fourth-order valence-electron chi connectivity index (χ4n) is 2.81. The lowest BCUT2D eigenvalue weighted by molar-refractivity contribution is 0.345. The molecule has 0 bridgehead atoms. The van der Waals surface area contributed by atoms with Gasteiger partial charge in [-0.2, -0.15) is 0 Å². The first-order valence-electron chi connectivity index (χ1n) is 6.94. The van der Waals surface area contributed by atoms with E-state index in [1.165, 1.54) is 24.3 Å². The van der Waals surface area contributed by atoms with Gasteiger partial charge in [0, 0.05) is 11.5 Å². The van der Waals surface area contributed by atoms with Gasteiger partial charge in [-0.15, -0.1) is 0 Å². The number of aryl methyl sites for hydroxylation is 1. The topological polar surface area (TPSA) is 20.2 Å². The van der Waals surface area contributed by atoms with Crippen molar-refractivity contribution in [3.05, 3.63) is 64.7 Å². The normalized spacial score (nSPS) is 13.2. The van der Waals surface area contributed by atoms with Crippen molar-refractivity contribution in [1.29, 1.82) is 0 Å². The molecule has 0 aromatic heterocycles. The van der Waals surface area contributed by atoms with Crippen LogP contribution in [0.25, 0.3) is 0 Å². The van der Waals surface area contributed by atoms with E-state index < -0.39 is 5.82 Å². The van der Waals surface area contributed by atoms with E-state index in [2.05, 4.69) is 0 Å². The Bertz CT molecular complexity index is 657. The molecule has 3 heteroatoms. The Morgan fingerprint density at radius 2 is 1.67 bits per heavy atom. The molecule has 1 N–H and O–H groups in total. The van der Waals surface area contributed by atoms with Crippen LogP contribution in [0, 0.1) is 24.0 Å². The van der Waals surface area contributed by atoms with Crippen LogP contribution in [0.2, 0.25) is 0 Å². The van der Waals surface area contributed by atoms with Crippen LogP contribution in [0.4, 0.5) is 8.78 Å². The zero-order valence-electron chi connectivity index (χ0n) is 12.7. The summed E-state index contributed by atoms with van der Waals surface area (Å²) in [5.74, 6) is -0.969. The van der Waals surface area contributed by atoms with Gasteiger partial charge in [-0.25, -0.2) is 8.78 Å². The number of rotatable bonds is 2. The summed E-state index contributed by atoms with van der Waals surface area (Å²) >= 11 is 0. The minimum Gasteiger partial charge on any atom is -0.507 e. The third-order valence-electron chi connectivity index (χ3n) is 3.65. The molecule has 2 aromatic carbocycles. The molecule has 0 aliphatic rings. The second-order valence-electron chi connectivity index (χ2n) is 6.51. The van der Waals surface area contributed by atoms with Crippen molar-refractivity contribution in [3.63, 3.8) is 0 Å². The van der Waals surface area contributed by atoms with Gasteiger partial charge in [-0.05, 0) is 47.7 Å². The highest BCUT2D eigenvalue weighted by Crippen LogP contribution is 2.44. The number of aromatic hydroxyl groups is 1. The van der Waals surface area contributed by atoms with Crippen molar-refractivity contribution in [2.75, 3.05) is 0 Å². The average molecular weight is 290 g/mol. The molecule has 1 nitrogen and oxygen atoms in total. The number of phenolic OH excluding ortho intramolecular Hbond substituents is 1. The van der Waals surface area contributed by atoms with Crippen LogP contribution in [0.5, 0.6) is 5.75 Å². The summed E-state index contributed by atoms with van der Waals surface area (Å²) in [6.07, 6.45) is 0. The molecule has 0 saturated carbocycles. The van der Waals surface area contributed by atoms with Gasteiger partial charge in [0.05, 0.1) is 0 Å². The van der Waals surface area contributed by atoms with Crippen molar-refractivity contribution in [2.45, 2.75) is 33.6 Å². The zero-order chi connectivity index (χ0) is 15.8. The van der Waals surface area contributed by atoms with Gasteiger partial charge in [-0.3, -0.25) is 0 Å². The van der Waals surface area contributed by atoms with Gasteiger partial charge >= 0.3 is 0 Å². The minimum absolute atomic E-state index is 0.0700. The Balaban J connectivity index is 2.68. The van der Waals surface area contributed by atoms with Gasteiger partial charge in [-0.1, -0.05) is 32.9 Å². The molecule has 2 aromatic rings. The molecule has 0 heterocycles. The summed E-state index contributed by atoms with van der Waals surface area (Å²) in [5, 5.41) is 10.3. The molecule has 0 aliphatic heterocycles. The van der Waals surface area contributed by atoms with Crippen molar-refractivity contribution < 1.29 is 13.9 Å². The van der Waals surface area contributed by atoms with E-state index in [0.717, 1.165) is 5.56 Å². The molecule has 1 atom stereocenters. The van der Waals surface area contributed by atoms with E-state index >= 15 is 0 Å². The van der Waals surface area contributed by atoms with Gasteiger partial charge in [0.25, 0.3) is 0 Å². The second-order valence-corrected chi connectivity index (χ2v) is 6.51. The molecular formula is C18H20F2O. The lowest BCUT2D eigenvalue weighted by Gasteiger charge is -2.32. The van der Waals surface area contributed by atoms with Crippen molar-refractivity contribution >= 4 is 0 Å². The molecule has 0 amide bonds. The number of phenols is 1. The monoisotopic (exact) mass is 290 g/mol. The summed E-state index contributed by atoms with van der Waals surface area (Å²) in [6.45, 7) is 7.62. The summed E-state index contributed by atoms with van der Waals surface area (Å²) in [5.41, 5.74) is 1.40. The maximum atomic E-state index is 13.8. The van der Waals surface area contributed by atoms with Gasteiger partial charge in [0.15, 0.2) is 0 Å². The van der Waals surface area contributed by atoms with Crippen LogP contribution in [0.15, 0.2) is 36.4 Å². The molecule has 2 rings (SSSR count). The van der Waals surface area contributed by atoms with Crippen molar-refractivity contribution in [2.24, 2.45) is 5.41 Å². The van der Waals surface area contributed by atoms with Gasteiger partial charge in [0.2, 0.25) is 0 Å². The van der Waals surface area contributed by atoms with Crippen LogP contribution >= 0.6 is 0 Å². The third kappa shape index (κ3) is 3.23. The highest BCUT2D eigenvalue weighted by atomic mass is 19.1. The van der Waals surface area contributed by atoms with E-state index in [1.807, 2.05) is 20.8 Å². The third-order valence-corrected chi connectivity index (χ3v) is 3.65. The summed E-state index contributed by atoms with van der Waals surface area (Å²) in [6, 6.07) is 8.88.